The van der Waals surface area contributed by atoms with Gasteiger partial charge in [-0.2, -0.15) is 5.10 Å². The fourth-order valence-corrected chi connectivity index (χ4v) is 4.86. The van der Waals surface area contributed by atoms with Crippen LogP contribution in [0, 0.1) is 0 Å². The minimum absolute atomic E-state index is 0.542. The van der Waals surface area contributed by atoms with Crippen LogP contribution >= 0.6 is 11.8 Å². The first-order valence-electron chi connectivity index (χ1n) is 12.2. The summed E-state index contributed by atoms with van der Waals surface area (Å²) in [5.74, 6) is 0. The van der Waals surface area contributed by atoms with Crippen molar-refractivity contribution in [2.45, 2.75) is 32.9 Å². The topological polar surface area (TPSA) is 60.6 Å². The third kappa shape index (κ3) is 5.55. The first-order valence-corrected chi connectivity index (χ1v) is 13.2. The molecule has 5 nitrogen and oxygen atoms in total. The third-order valence-corrected chi connectivity index (χ3v) is 7.09. The minimum atomic E-state index is 0.542. The highest BCUT2D eigenvalue weighted by Gasteiger charge is 2.15. The zero-order valence-electron chi connectivity index (χ0n) is 22.0. The lowest BCUT2D eigenvalue weighted by Gasteiger charge is -2.11. The highest BCUT2D eigenvalue weighted by Crippen LogP contribution is 2.34. The van der Waals surface area contributed by atoms with Crippen LogP contribution < -0.4 is 0 Å². The van der Waals surface area contributed by atoms with Crippen molar-refractivity contribution in [2.24, 2.45) is 0 Å². The second-order valence-electron chi connectivity index (χ2n) is 9.55. The van der Waals surface area contributed by atoms with Gasteiger partial charge < -0.3 is 9.88 Å². The molecule has 0 radical (unpaired) electrons. The Kier molecular flexibility index (Phi) is 7.97. The zero-order chi connectivity index (χ0) is 25.8. The molecule has 0 amide bonds. The fourth-order valence-electron chi connectivity index (χ4n) is 4.26. The lowest BCUT2D eigenvalue weighted by atomic mass is 10.00. The summed E-state index contributed by atoms with van der Waals surface area (Å²) in [6, 6.07) is 8.64. The van der Waals surface area contributed by atoms with Crippen LogP contribution in [-0.2, 0) is 0 Å². The summed E-state index contributed by atoms with van der Waals surface area (Å²) >= 11 is 1.83. The van der Waals surface area contributed by atoms with Crippen molar-refractivity contribution in [1.82, 2.24) is 25.1 Å². The molecule has 0 spiro atoms. The lowest BCUT2D eigenvalue weighted by molar-refractivity contribution is 0.449. The number of hydrogen-bond donors (Lipinski definition) is 2. The number of nitrogens with zero attached hydrogens (tertiary/aromatic N) is 3. The largest absolute Gasteiger partial charge is 0.352 e. The number of H-pyrrole nitrogens is 2. The molecule has 4 rings (SSSR count). The molecular formula is C30H35N5S. The molecule has 0 saturated heterocycles. The molecular weight excluding hydrogens is 462 g/mol. The highest BCUT2D eigenvalue weighted by molar-refractivity contribution is 8.02. The van der Waals surface area contributed by atoms with Gasteiger partial charge in [0.1, 0.15) is 5.69 Å². The van der Waals surface area contributed by atoms with Crippen LogP contribution in [0.5, 0.6) is 0 Å². The van der Waals surface area contributed by atoms with E-state index in [1.165, 1.54) is 11.1 Å². The average molecular weight is 498 g/mol. The van der Waals surface area contributed by atoms with Gasteiger partial charge in [-0.25, -0.2) is 0 Å². The van der Waals surface area contributed by atoms with Crippen molar-refractivity contribution in [3.63, 3.8) is 0 Å². The van der Waals surface area contributed by atoms with E-state index in [0.29, 0.717) is 5.25 Å². The molecule has 6 heteroatoms. The van der Waals surface area contributed by atoms with E-state index in [9.17, 15) is 0 Å². The summed E-state index contributed by atoms with van der Waals surface area (Å²) in [5, 5.41) is 12.9. The molecule has 0 fully saturated rings. The number of aromatic nitrogens is 4. The summed E-state index contributed by atoms with van der Waals surface area (Å²) < 4.78 is 0. The Bertz CT molecular complexity index is 1480. The van der Waals surface area contributed by atoms with E-state index < -0.39 is 0 Å². The summed E-state index contributed by atoms with van der Waals surface area (Å²) in [5.41, 5.74) is 9.74. The molecule has 1 aromatic carbocycles. The first-order chi connectivity index (χ1) is 17.3. The van der Waals surface area contributed by atoms with Crippen LogP contribution in [0.1, 0.15) is 38.8 Å². The van der Waals surface area contributed by atoms with Crippen LogP contribution in [0.25, 0.3) is 44.3 Å². The smallest absolute Gasteiger partial charge is 0.116 e. The molecule has 2 N–H and O–H groups in total. The van der Waals surface area contributed by atoms with Crippen LogP contribution in [0.15, 0.2) is 72.4 Å². The summed E-state index contributed by atoms with van der Waals surface area (Å²) in [6.07, 6.45) is 10.1. The standard InChI is InChI=1S/C30H35N5S/c1-8-21(17-35(6)7)12-22(9-2)23-10-11-27-25(13-23)30(34-33-27)28-14-24-26(15-31-16-29(24)32-28)20(5)18-36-19(3)4/h8-16,18-19,32H,1,17H2,2-7H3,(H,33,34)/b20-18+,21-12+,22-9+. The van der Waals surface area contributed by atoms with Gasteiger partial charge in [0.05, 0.1) is 22.9 Å². The Hall–Kier alpha value is -3.35. The first kappa shape index (κ1) is 25.7. The second-order valence-corrected chi connectivity index (χ2v) is 11.0. The second kappa shape index (κ2) is 11.1. The monoisotopic (exact) mass is 497 g/mol. The minimum Gasteiger partial charge on any atom is -0.352 e. The number of rotatable bonds is 9. The number of pyridine rings is 1. The Morgan fingerprint density at radius 2 is 1.94 bits per heavy atom. The van der Waals surface area contributed by atoms with Crippen LogP contribution in [-0.4, -0.2) is 51.0 Å². The Labute approximate surface area is 218 Å². The number of allylic oxidation sites excluding steroid dienone is 4. The quantitative estimate of drug-likeness (QED) is 0.233. The van der Waals surface area contributed by atoms with Crippen molar-refractivity contribution in [2.75, 3.05) is 20.6 Å². The molecule has 3 aromatic heterocycles. The van der Waals surface area contributed by atoms with E-state index in [0.717, 1.165) is 56.4 Å². The summed E-state index contributed by atoms with van der Waals surface area (Å²) in [7, 11) is 4.14. The molecule has 3 heterocycles. The Balaban J connectivity index is 1.77. The van der Waals surface area contributed by atoms with Gasteiger partial charge in [-0.05, 0) is 73.8 Å². The molecule has 36 heavy (non-hydrogen) atoms. The van der Waals surface area contributed by atoms with Crippen molar-refractivity contribution in [3.8, 4) is 11.4 Å². The Morgan fingerprint density at radius 1 is 1.14 bits per heavy atom. The maximum atomic E-state index is 4.68. The van der Waals surface area contributed by atoms with Gasteiger partial charge in [-0.3, -0.25) is 10.1 Å². The van der Waals surface area contributed by atoms with Crippen molar-refractivity contribution >= 4 is 44.7 Å². The third-order valence-electron chi connectivity index (χ3n) is 6.05. The van der Waals surface area contributed by atoms with Gasteiger partial charge in [0.25, 0.3) is 0 Å². The maximum absolute atomic E-state index is 4.68. The molecule has 0 aliphatic carbocycles. The predicted molar refractivity (Wildman–Crippen MR) is 158 cm³/mol. The average Bonchev–Trinajstić information content (AvgIpc) is 3.48. The molecule has 0 saturated carbocycles. The summed E-state index contributed by atoms with van der Waals surface area (Å²) in [6.45, 7) is 13.5. The molecule has 0 atom stereocenters. The molecule has 0 unspecified atom stereocenters. The van der Waals surface area contributed by atoms with E-state index in [2.05, 4.69) is 115 Å². The van der Waals surface area contributed by atoms with Gasteiger partial charge in [-0.15, -0.1) is 11.8 Å². The van der Waals surface area contributed by atoms with Gasteiger partial charge in [0.15, 0.2) is 0 Å². The number of benzene rings is 1. The van der Waals surface area contributed by atoms with Crippen molar-refractivity contribution in [1.29, 1.82) is 0 Å². The number of hydrogen-bond acceptors (Lipinski definition) is 4. The molecule has 0 aliphatic rings. The molecule has 4 aromatic rings. The molecule has 186 valence electrons. The number of aromatic amines is 2. The summed E-state index contributed by atoms with van der Waals surface area (Å²) in [4.78, 5) is 10.2. The highest BCUT2D eigenvalue weighted by atomic mass is 32.2. The SMILES string of the molecule is C=C/C(=C\C(=C/C)c1ccc2[nH]nc(-c3cc4c(/C(C)=C/SC(C)C)cncc4[nH]3)c2c1)CN(C)C. The van der Waals surface area contributed by atoms with Gasteiger partial charge >= 0.3 is 0 Å². The predicted octanol–water partition coefficient (Wildman–Crippen LogP) is 7.69. The van der Waals surface area contributed by atoms with Crippen molar-refractivity contribution in [3.05, 3.63) is 83.6 Å². The molecule has 0 aliphatic heterocycles. The van der Waals surface area contributed by atoms with E-state index in [1.807, 2.05) is 30.2 Å². The number of likely N-dealkylation sites (N-methyl/N-ethyl adjacent to an activating group) is 1. The van der Waals surface area contributed by atoms with Crippen LogP contribution in [0.3, 0.4) is 0 Å². The van der Waals surface area contributed by atoms with Gasteiger partial charge in [0.2, 0.25) is 0 Å². The molecule has 0 bridgehead atoms. The zero-order valence-corrected chi connectivity index (χ0v) is 22.8. The van der Waals surface area contributed by atoms with E-state index in [4.69, 9.17) is 0 Å². The number of fused-ring (bicyclic) bond motifs is 2. The van der Waals surface area contributed by atoms with E-state index in [-0.39, 0.29) is 0 Å². The van der Waals surface area contributed by atoms with Gasteiger partial charge in [-0.1, -0.05) is 44.7 Å². The lowest BCUT2D eigenvalue weighted by Crippen LogP contribution is -2.14. The fraction of sp³-hybridized carbons (Fsp3) is 0.267. The van der Waals surface area contributed by atoms with Crippen LogP contribution in [0.2, 0.25) is 0 Å². The Morgan fingerprint density at radius 3 is 2.64 bits per heavy atom. The normalized spacial score (nSPS) is 13.5. The van der Waals surface area contributed by atoms with E-state index in [1.54, 1.807) is 0 Å². The maximum Gasteiger partial charge on any atom is 0.116 e. The van der Waals surface area contributed by atoms with Gasteiger partial charge in [0, 0.05) is 34.3 Å². The van der Waals surface area contributed by atoms with Crippen LogP contribution in [0.4, 0.5) is 0 Å². The van der Waals surface area contributed by atoms with Crippen molar-refractivity contribution < 1.29 is 0 Å². The number of nitrogens with one attached hydrogen (secondary N) is 2. The number of thioether (sulfide) groups is 1. The van der Waals surface area contributed by atoms with E-state index >= 15 is 0 Å².